The highest BCUT2D eigenvalue weighted by Gasteiger charge is 2.49. The first-order valence-corrected chi connectivity index (χ1v) is 9.60. The van der Waals surface area contributed by atoms with E-state index in [2.05, 4.69) is 5.32 Å². The number of carbonyl (C=O) groups is 4. The number of aryl methyl sites for hydroxylation is 3. The van der Waals surface area contributed by atoms with Crippen molar-refractivity contribution >= 4 is 23.7 Å². The van der Waals surface area contributed by atoms with Gasteiger partial charge in [0.25, 0.3) is 5.91 Å². The van der Waals surface area contributed by atoms with Gasteiger partial charge < -0.3 is 10.1 Å². The molecule has 156 valence electrons. The number of benzene rings is 2. The number of ether oxygens (including phenoxy) is 1. The maximum absolute atomic E-state index is 12.8. The third-order valence-electron chi connectivity index (χ3n) is 5.23. The highest BCUT2D eigenvalue weighted by Crippen LogP contribution is 2.28. The second-order valence-corrected chi connectivity index (χ2v) is 7.67. The Kier molecular flexibility index (Phi) is 5.73. The number of ketones is 1. The van der Waals surface area contributed by atoms with Crippen molar-refractivity contribution in [2.45, 2.75) is 33.2 Å². The van der Waals surface area contributed by atoms with E-state index in [1.807, 2.05) is 32.9 Å². The first-order chi connectivity index (χ1) is 14.1. The molecule has 1 aliphatic rings. The summed E-state index contributed by atoms with van der Waals surface area (Å²) in [4.78, 5) is 50.7. The Bertz CT molecular complexity index is 1010. The molecule has 0 aromatic heterocycles. The Morgan fingerprint density at radius 1 is 1.03 bits per heavy atom. The Labute approximate surface area is 175 Å². The van der Waals surface area contributed by atoms with Crippen molar-refractivity contribution < 1.29 is 23.9 Å². The molecule has 1 heterocycles. The van der Waals surface area contributed by atoms with Crippen molar-refractivity contribution in [3.8, 4) is 0 Å². The van der Waals surface area contributed by atoms with Crippen LogP contribution in [0.3, 0.4) is 0 Å². The number of urea groups is 1. The number of hydrogen-bond acceptors (Lipinski definition) is 5. The summed E-state index contributed by atoms with van der Waals surface area (Å²) >= 11 is 0. The predicted octanol–water partition coefficient (Wildman–Crippen LogP) is 2.80. The van der Waals surface area contributed by atoms with Gasteiger partial charge in [0, 0.05) is 5.56 Å². The minimum Gasteiger partial charge on any atom is -0.456 e. The minimum atomic E-state index is -1.26. The summed E-state index contributed by atoms with van der Waals surface area (Å²) in [6.45, 7) is 6.16. The van der Waals surface area contributed by atoms with Gasteiger partial charge in [-0.15, -0.1) is 0 Å². The minimum absolute atomic E-state index is 0.329. The number of nitrogens with zero attached hydrogens (tertiary/aromatic N) is 1. The maximum Gasteiger partial charge on any atom is 0.326 e. The molecule has 2 aromatic rings. The van der Waals surface area contributed by atoms with Crippen molar-refractivity contribution in [1.29, 1.82) is 0 Å². The molecule has 0 bridgehead atoms. The molecule has 0 spiro atoms. The van der Waals surface area contributed by atoms with Crippen LogP contribution in [0.15, 0.2) is 42.5 Å². The quantitative estimate of drug-likeness (QED) is 0.451. The van der Waals surface area contributed by atoms with Gasteiger partial charge in [0.2, 0.25) is 5.78 Å². The van der Waals surface area contributed by atoms with Crippen LogP contribution < -0.4 is 5.32 Å². The van der Waals surface area contributed by atoms with Crippen molar-refractivity contribution in [2.75, 3.05) is 13.2 Å². The van der Waals surface area contributed by atoms with E-state index < -0.39 is 36.6 Å². The molecular formula is C23H24N2O5. The van der Waals surface area contributed by atoms with E-state index in [9.17, 15) is 19.2 Å². The zero-order valence-electron chi connectivity index (χ0n) is 17.4. The van der Waals surface area contributed by atoms with Crippen LogP contribution in [0.2, 0.25) is 0 Å². The van der Waals surface area contributed by atoms with Crippen LogP contribution in [0.25, 0.3) is 0 Å². The van der Waals surface area contributed by atoms with E-state index in [0.717, 1.165) is 21.6 Å². The van der Waals surface area contributed by atoms with E-state index in [1.54, 1.807) is 37.3 Å². The fraction of sp³-hybridized carbons (Fsp3) is 0.304. The van der Waals surface area contributed by atoms with Gasteiger partial charge in [0.05, 0.1) is 0 Å². The molecule has 1 fully saturated rings. The van der Waals surface area contributed by atoms with E-state index in [4.69, 9.17) is 4.74 Å². The van der Waals surface area contributed by atoms with E-state index in [0.29, 0.717) is 11.1 Å². The number of esters is 1. The second-order valence-electron chi connectivity index (χ2n) is 7.67. The van der Waals surface area contributed by atoms with Gasteiger partial charge in [-0.25, -0.2) is 4.79 Å². The van der Waals surface area contributed by atoms with Crippen LogP contribution in [0, 0.1) is 20.8 Å². The lowest BCUT2D eigenvalue weighted by Crippen LogP contribution is -2.41. The Hall–Kier alpha value is -3.48. The third-order valence-corrected chi connectivity index (χ3v) is 5.23. The number of Topliss-reactive ketones (excluding diaryl/α,β-unsaturated/α-hetero) is 1. The summed E-state index contributed by atoms with van der Waals surface area (Å²) in [5.74, 6) is -1.71. The monoisotopic (exact) mass is 408 g/mol. The number of carbonyl (C=O) groups excluding carboxylic acids is 4. The summed E-state index contributed by atoms with van der Waals surface area (Å²) in [7, 11) is 0. The number of nitrogens with one attached hydrogen (secondary N) is 1. The molecule has 1 N–H and O–H groups in total. The molecule has 3 amide bonds. The number of imide groups is 1. The molecule has 1 atom stereocenters. The lowest BCUT2D eigenvalue weighted by Gasteiger charge is -2.21. The third kappa shape index (κ3) is 3.96. The largest absolute Gasteiger partial charge is 0.456 e. The molecular weight excluding hydrogens is 384 g/mol. The summed E-state index contributed by atoms with van der Waals surface area (Å²) in [6, 6.07) is 11.9. The van der Waals surface area contributed by atoms with Gasteiger partial charge in [0.1, 0.15) is 12.1 Å². The van der Waals surface area contributed by atoms with E-state index in [-0.39, 0.29) is 5.78 Å². The molecule has 7 heteroatoms. The average molecular weight is 408 g/mol. The standard InChI is InChI=1S/C23H24N2O5/c1-14-10-15(2)20(16(3)11-14)18(26)13-30-19(27)12-25-21(28)23(4,24-22(25)29)17-8-6-5-7-9-17/h5-11H,12-13H2,1-4H3,(H,24,29)/t23-/m1/s1. The summed E-state index contributed by atoms with van der Waals surface area (Å²) in [6.07, 6.45) is 0. The molecule has 3 rings (SSSR count). The molecule has 1 aliphatic heterocycles. The van der Waals surface area contributed by atoms with Gasteiger partial charge in [0.15, 0.2) is 6.61 Å². The topological polar surface area (TPSA) is 92.8 Å². The van der Waals surface area contributed by atoms with Crippen molar-refractivity contribution in [2.24, 2.45) is 0 Å². The number of amides is 3. The zero-order chi connectivity index (χ0) is 22.1. The predicted molar refractivity (Wildman–Crippen MR) is 110 cm³/mol. The normalized spacial score (nSPS) is 18.3. The average Bonchev–Trinajstić information content (AvgIpc) is 2.90. The van der Waals surface area contributed by atoms with Crippen LogP contribution in [-0.4, -0.2) is 41.7 Å². The molecule has 0 unspecified atom stereocenters. The van der Waals surface area contributed by atoms with Crippen LogP contribution >= 0.6 is 0 Å². The number of rotatable bonds is 6. The van der Waals surface area contributed by atoms with Gasteiger partial charge in [-0.2, -0.15) is 0 Å². The van der Waals surface area contributed by atoms with Crippen molar-refractivity contribution in [3.05, 3.63) is 70.3 Å². The van der Waals surface area contributed by atoms with Crippen LogP contribution in [-0.2, 0) is 19.9 Å². The molecule has 1 saturated heterocycles. The molecule has 0 radical (unpaired) electrons. The Morgan fingerprint density at radius 2 is 1.63 bits per heavy atom. The Balaban J connectivity index is 1.65. The van der Waals surface area contributed by atoms with Gasteiger partial charge in [-0.05, 0) is 44.4 Å². The smallest absolute Gasteiger partial charge is 0.326 e. The molecule has 30 heavy (non-hydrogen) atoms. The van der Waals surface area contributed by atoms with Gasteiger partial charge >= 0.3 is 12.0 Å². The molecule has 0 saturated carbocycles. The first-order valence-electron chi connectivity index (χ1n) is 9.60. The van der Waals surface area contributed by atoms with E-state index >= 15 is 0 Å². The van der Waals surface area contributed by atoms with Gasteiger partial charge in [-0.1, -0.05) is 48.0 Å². The lowest BCUT2D eigenvalue weighted by atomic mass is 9.92. The first kappa shape index (κ1) is 21.2. The second kappa shape index (κ2) is 8.10. The van der Waals surface area contributed by atoms with Crippen LogP contribution in [0.5, 0.6) is 0 Å². The Morgan fingerprint density at radius 3 is 2.23 bits per heavy atom. The molecule has 7 nitrogen and oxygen atoms in total. The van der Waals surface area contributed by atoms with Crippen molar-refractivity contribution in [1.82, 2.24) is 10.2 Å². The fourth-order valence-corrected chi connectivity index (χ4v) is 3.82. The highest BCUT2D eigenvalue weighted by atomic mass is 16.5. The zero-order valence-corrected chi connectivity index (χ0v) is 17.4. The van der Waals surface area contributed by atoms with Crippen molar-refractivity contribution in [3.63, 3.8) is 0 Å². The fourth-order valence-electron chi connectivity index (χ4n) is 3.82. The SMILES string of the molecule is Cc1cc(C)c(C(=O)COC(=O)CN2C(=O)N[C@](C)(c3ccccc3)C2=O)c(C)c1. The van der Waals surface area contributed by atoms with E-state index in [1.165, 1.54) is 0 Å². The lowest BCUT2D eigenvalue weighted by molar-refractivity contribution is -0.146. The summed E-state index contributed by atoms with van der Waals surface area (Å²) in [5, 5.41) is 2.63. The maximum atomic E-state index is 12.8. The number of hydrogen-bond donors (Lipinski definition) is 1. The van der Waals surface area contributed by atoms with Gasteiger partial charge in [-0.3, -0.25) is 19.3 Å². The molecule has 0 aliphatic carbocycles. The van der Waals surface area contributed by atoms with Crippen LogP contribution in [0.1, 0.15) is 39.5 Å². The summed E-state index contributed by atoms with van der Waals surface area (Å²) in [5.41, 5.74) is 2.52. The highest BCUT2D eigenvalue weighted by molar-refractivity contribution is 6.09. The van der Waals surface area contributed by atoms with Crippen LogP contribution in [0.4, 0.5) is 4.79 Å². The molecule has 2 aromatic carbocycles. The summed E-state index contributed by atoms with van der Waals surface area (Å²) < 4.78 is 5.07.